The quantitative estimate of drug-likeness (QED) is 0.862. The fraction of sp³-hybridized carbons (Fsp3) is 0.611. The summed E-state index contributed by atoms with van der Waals surface area (Å²) in [5.41, 5.74) is 1.18. The molecule has 1 N–H and O–H groups in total. The maximum atomic E-state index is 12.3. The lowest BCUT2D eigenvalue weighted by molar-refractivity contribution is -0.0503. The molecule has 0 saturated heterocycles. The third kappa shape index (κ3) is 2.65. The maximum absolute atomic E-state index is 12.3. The number of carbonyl (C=O) groups is 1. The lowest BCUT2D eigenvalue weighted by atomic mass is 9.49. The molecule has 5 rings (SSSR count). The van der Waals surface area contributed by atoms with Crippen LogP contribution in [0.4, 0.5) is 0 Å². The van der Waals surface area contributed by atoms with E-state index in [1.54, 1.807) is 0 Å². The second-order valence-corrected chi connectivity index (χ2v) is 8.52. The summed E-state index contributed by atoms with van der Waals surface area (Å²) >= 11 is 3.41. The predicted octanol–water partition coefficient (Wildman–Crippen LogP) is 4.40. The van der Waals surface area contributed by atoms with Gasteiger partial charge in [0, 0.05) is 16.6 Å². The smallest absolute Gasteiger partial charge is 0.251 e. The average molecular weight is 348 g/mol. The van der Waals surface area contributed by atoms with Crippen LogP contribution in [0.3, 0.4) is 0 Å². The number of carbonyl (C=O) groups excluding carboxylic acids is 1. The van der Waals surface area contributed by atoms with Crippen molar-refractivity contribution >= 4 is 21.8 Å². The van der Waals surface area contributed by atoms with Crippen LogP contribution >= 0.6 is 15.9 Å². The van der Waals surface area contributed by atoms with Crippen LogP contribution < -0.4 is 5.32 Å². The molecule has 2 nitrogen and oxygen atoms in total. The molecule has 3 heteroatoms. The van der Waals surface area contributed by atoms with Crippen molar-refractivity contribution in [2.45, 2.75) is 38.5 Å². The predicted molar refractivity (Wildman–Crippen MR) is 87.1 cm³/mol. The summed E-state index contributed by atoms with van der Waals surface area (Å²) in [7, 11) is 0. The summed E-state index contributed by atoms with van der Waals surface area (Å²) in [6, 6.07) is 7.64. The van der Waals surface area contributed by atoms with Gasteiger partial charge < -0.3 is 5.32 Å². The molecular formula is C18H22BrNO. The standard InChI is InChI=1S/C18H22BrNO/c19-16-3-1-15(2-4-16)17(21)20-11-18-8-12-5-13(9-18)7-14(6-12)10-18/h1-4,12-14H,5-11H2,(H,20,21). The molecule has 0 unspecified atom stereocenters. The Labute approximate surface area is 134 Å². The number of rotatable bonds is 3. The van der Waals surface area contributed by atoms with E-state index in [1.807, 2.05) is 24.3 Å². The number of hydrogen-bond donors (Lipinski definition) is 1. The van der Waals surface area contributed by atoms with Crippen LogP contribution in [-0.4, -0.2) is 12.5 Å². The van der Waals surface area contributed by atoms with E-state index in [2.05, 4.69) is 21.2 Å². The number of hydrogen-bond acceptors (Lipinski definition) is 1. The van der Waals surface area contributed by atoms with Crippen molar-refractivity contribution in [2.75, 3.05) is 6.54 Å². The van der Waals surface area contributed by atoms with Crippen LogP contribution in [0.5, 0.6) is 0 Å². The number of amides is 1. The molecule has 4 aliphatic carbocycles. The minimum absolute atomic E-state index is 0.0817. The van der Waals surface area contributed by atoms with Gasteiger partial charge in [0.15, 0.2) is 0 Å². The van der Waals surface area contributed by atoms with Gasteiger partial charge >= 0.3 is 0 Å². The SMILES string of the molecule is O=C(NCC12CC3CC(CC(C3)C1)C2)c1ccc(Br)cc1. The van der Waals surface area contributed by atoms with E-state index in [1.165, 1.54) is 38.5 Å². The normalized spacial score (nSPS) is 36.7. The molecule has 1 aromatic carbocycles. The summed E-state index contributed by atoms with van der Waals surface area (Å²) in [5, 5.41) is 3.22. The van der Waals surface area contributed by atoms with E-state index in [0.29, 0.717) is 5.41 Å². The highest BCUT2D eigenvalue weighted by Crippen LogP contribution is 2.59. The monoisotopic (exact) mass is 347 g/mol. The van der Waals surface area contributed by atoms with Gasteiger partial charge in [-0.05, 0) is 86.0 Å². The zero-order valence-corrected chi connectivity index (χ0v) is 13.9. The third-order valence-electron chi connectivity index (χ3n) is 5.90. The van der Waals surface area contributed by atoms with Gasteiger partial charge in [0.1, 0.15) is 0 Å². The van der Waals surface area contributed by atoms with Gasteiger partial charge in [-0.1, -0.05) is 15.9 Å². The minimum atomic E-state index is 0.0817. The molecule has 0 aromatic heterocycles. The molecule has 4 fully saturated rings. The second kappa shape index (κ2) is 5.12. The topological polar surface area (TPSA) is 29.1 Å². The number of halogens is 1. The Morgan fingerprint density at radius 3 is 2.10 bits per heavy atom. The van der Waals surface area contributed by atoms with Crippen molar-refractivity contribution in [1.82, 2.24) is 5.32 Å². The Hall–Kier alpha value is -0.830. The first-order valence-corrected chi connectivity index (χ1v) is 8.95. The summed E-state index contributed by atoms with van der Waals surface area (Å²) in [6.45, 7) is 0.880. The number of benzene rings is 1. The molecular weight excluding hydrogens is 326 g/mol. The molecule has 4 saturated carbocycles. The van der Waals surface area contributed by atoms with Crippen LogP contribution in [0, 0.1) is 23.2 Å². The van der Waals surface area contributed by atoms with Crippen molar-refractivity contribution in [3.8, 4) is 0 Å². The molecule has 0 atom stereocenters. The average Bonchev–Trinajstić information content (AvgIpc) is 2.44. The Bertz CT molecular complexity index is 516. The lowest BCUT2D eigenvalue weighted by Crippen LogP contribution is -2.51. The van der Waals surface area contributed by atoms with E-state index in [9.17, 15) is 4.79 Å². The fourth-order valence-corrected chi connectivity index (χ4v) is 5.74. The Kier molecular flexibility index (Phi) is 3.36. The number of nitrogens with one attached hydrogen (secondary N) is 1. The summed E-state index contributed by atoms with van der Waals surface area (Å²) in [6.07, 6.45) is 8.42. The second-order valence-electron chi connectivity index (χ2n) is 7.61. The highest BCUT2D eigenvalue weighted by molar-refractivity contribution is 9.10. The lowest BCUT2D eigenvalue weighted by Gasteiger charge is -2.56. The molecule has 0 heterocycles. The van der Waals surface area contributed by atoms with Crippen LogP contribution in [-0.2, 0) is 0 Å². The largest absolute Gasteiger partial charge is 0.351 e. The Morgan fingerprint density at radius 1 is 1.05 bits per heavy atom. The van der Waals surface area contributed by atoms with Crippen molar-refractivity contribution < 1.29 is 4.79 Å². The van der Waals surface area contributed by atoms with Crippen LogP contribution in [0.25, 0.3) is 0 Å². The van der Waals surface area contributed by atoms with Crippen molar-refractivity contribution in [3.63, 3.8) is 0 Å². The van der Waals surface area contributed by atoms with Crippen LogP contribution in [0.15, 0.2) is 28.7 Å². The molecule has 0 radical (unpaired) electrons. The zero-order chi connectivity index (χ0) is 14.4. The van der Waals surface area contributed by atoms with Crippen LogP contribution in [0.1, 0.15) is 48.9 Å². The van der Waals surface area contributed by atoms with E-state index >= 15 is 0 Å². The van der Waals surface area contributed by atoms with E-state index < -0.39 is 0 Å². The van der Waals surface area contributed by atoms with Gasteiger partial charge in [-0.2, -0.15) is 0 Å². The van der Waals surface area contributed by atoms with E-state index in [0.717, 1.165) is 34.3 Å². The molecule has 4 aliphatic rings. The maximum Gasteiger partial charge on any atom is 0.251 e. The molecule has 1 amide bonds. The summed E-state index contributed by atoms with van der Waals surface area (Å²) < 4.78 is 1.01. The first-order valence-electron chi connectivity index (χ1n) is 8.16. The molecule has 0 spiro atoms. The third-order valence-corrected chi connectivity index (χ3v) is 6.42. The van der Waals surface area contributed by atoms with E-state index in [-0.39, 0.29) is 5.91 Å². The fourth-order valence-electron chi connectivity index (χ4n) is 5.48. The van der Waals surface area contributed by atoms with Gasteiger partial charge in [-0.25, -0.2) is 0 Å². The Morgan fingerprint density at radius 2 is 1.57 bits per heavy atom. The van der Waals surface area contributed by atoms with Crippen LogP contribution in [0.2, 0.25) is 0 Å². The summed E-state index contributed by atoms with van der Waals surface area (Å²) in [5.74, 6) is 2.92. The first kappa shape index (κ1) is 13.8. The molecule has 112 valence electrons. The molecule has 21 heavy (non-hydrogen) atoms. The highest BCUT2D eigenvalue weighted by Gasteiger charge is 2.50. The minimum Gasteiger partial charge on any atom is -0.351 e. The summed E-state index contributed by atoms with van der Waals surface area (Å²) in [4.78, 5) is 12.3. The van der Waals surface area contributed by atoms with Crippen molar-refractivity contribution in [3.05, 3.63) is 34.3 Å². The van der Waals surface area contributed by atoms with Gasteiger partial charge in [0.25, 0.3) is 5.91 Å². The zero-order valence-electron chi connectivity index (χ0n) is 12.3. The molecule has 0 aliphatic heterocycles. The van der Waals surface area contributed by atoms with Crippen molar-refractivity contribution in [1.29, 1.82) is 0 Å². The molecule has 4 bridgehead atoms. The van der Waals surface area contributed by atoms with Gasteiger partial charge in [0.2, 0.25) is 0 Å². The molecule has 1 aromatic rings. The Balaban J connectivity index is 1.42. The highest BCUT2D eigenvalue weighted by atomic mass is 79.9. The van der Waals surface area contributed by atoms with Crippen molar-refractivity contribution in [2.24, 2.45) is 23.2 Å². The van der Waals surface area contributed by atoms with Gasteiger partial charge in [-0.3, -0.25) is 4.79 Å². The van der Waals surface area contributed by atoms with E-state index in [4.69, 9.17) is 0 Å². The van der Waals surface area contributed by atoms with Gasteiger partial charge in [-0.15, -0.1) is 0 Å². The van der Waals surface area contributed by atoms with Gasteiger partial charge in [0.05, 0.1) is 0 Å². The first-order chi connectivity index (χ1) is 10.1.